The Morgan fingerprint density at radius 2 is 1.75 bits per heavy atom. The zero-order valence-electron chi connectivity index (χ0n) is 20.4. The number of H-pyrrole nitrogens is 1. The molecule has 0 aliphatic carbocycles. The van der Waals surface area contributed by atoms with Crippen LogP contribution in [0.4, 0.5) is 11.4 Å². The molecule has 8 nitrogen and oxygen atoms in total. The standard InChI is InChI=1S/C28H31N7O/c36-28(31-22-8-9-30-23(16-22)19-34-10-4-5-11-34)27-25-15-20(6-7-26(25)32-33-27)21-14-24(18-29-17-21)35-12-2-1-3-13-35/h6-9,14-18H,1-5,10-13,19H2,(H,32,33)(H,30,31,36). The normalized spacial score (nSPS) is 16.5. The van der Waals surface area contributed by atoms with Gasteiger partial charge in [-0.25, -0.2) is 0 Å². The van der Waals surface area contributed by atoms with E-state index in [1.807, 2.05) is 42.7 Å². The molecule has 0 unspecified atom stereocenters. The highest BCUT2D eigenvalue weighted by molar-refractivity contribution is 6.11. The fraction of sp³-hybridized carbons (Fsp3) is 0.357. The van der Waals surface area contributed by atoms with Crippen LogP contribution < -0.4 is 10.2 Å². The number of likely N-dealkylation sites (tertiary alicyclic amines) is 1. The van der Waals surface area contributed by atoms with Gasteiger partial charge in [0.2, 0.25) is 0 Å². The Hall–Kier alpha value is -3.78. The third kappa shape index (κ3) is 4.81. The van der Waals surface area contributed by atoms with Crippen LogP contribution in [0.5, 0.6) is 0 Å². The van der Waals surface area contributed by atoms with Gasteiger partial charge in [-0.2, -0.15) is 5.10 Å². The third-order valence-electron chi connectivity index (χ3n) is 7.22. The molecule has 2 saturated heterocycles. The van der Waals surface area contributed by atoms with E-state index in [1.165, 1.54) is 32.1 Å². The molecule has 4 aromatic rings. The van der Waals surface area contributed by atoms with Crippen molar-refractivity contribution < 1.29 is 4.79 Å². The lowest BCUT2D eigenvalue weighted by Crippen LogP contribution is -2.29. The van der Waals surface area contributed by atoms with Gasteiger partial charge < -0.3 is 10.2 Å². The molecule has 2 fully saturated rings. The van der Waals surface area contributed by atoms with Crippen LogP contribution >= 0.6 is 0 Å². The number of hydrogen-bond donors (Lipinski definition) is 2. The van der Waals surface area contributed by atoms with Crippen molar-refractivity contribution in [2.24, 2.45) is 0 Å². The number of aromatic amines is 1. The summed E-state index contributed by atoms with van der Waals surface area (Å²) in [6, 6.07) is 12.0. The van der Waals surface area contributed by atoms with Gasteiger partial charge >= 0.3 is 0 Å². The molecule has 6 rings (SSSR count). The summed E-state index contributed by atoms with van der Waals surface area (Å²) in [5.41, 5.74) is 6.10. The molecule has 36 heavy (non-hydrogen) atoms. The summed E-state index contributed by atoms with van der Waals surface area (Å²) in [6.07, 6.45) is 11.8. The summed E-state index contributed by atoms with van der Waals surface area (Å²) < 4.78 is 0. The predicted molar refractivity (Wildman–Crippen MR) is 142 cm³/mol. The number of carbonyl (C=O) groups excluding carboxylic acids is 1. The molecular weight excluding hydrogens is 450 g/mol. The molecular formula is C28H31N7O. The highest BCUT2D eigenvalue weighted by atomic mass is 16.1. The van der Waals surface area contributed by atoms with Gasteiger partial charge in [-0.3, -0.25) is 24.8 Å². The number of nitrogens with one attached hydrogen (secondary N) is 2. The molecule has 2 N–H and O–H groups in total. The molecule has 1 amide bonds. The van der Waals surface area contributed by atoms with Crippen molar-refractivity contribution in [2.45, 2.75) is 38.6 Å². The number of fused-ring (bicyclic) bond motifs is 1. The van der Waals surface area contributed by atoms with Gasteiger partial charge in [0.25, 0.3) is 5.91 Å². The lowest BCUT2D eigenvalue weighted by Gasteiger charge is -2.28. The average molecular weight is 482 g/mol. The summed E-state index contributed by atoms with van der Waals surface area (Å²) in [7, 11) is 0. The first-order chi connectivity index (χ1) is 17.7. The fourth-order valence-electron chi connectivity index (χ4n) is 5.28. The first kappa shape index (κ1) is 22.7. The number of benzene rings is 1. The van der Waals surface area contributed by atoms with E-state index in [2.05, 4.69) is 41.3 Å². The summed E-state index contributed by atoms with van der Waals surface area (Å²) in [5, 5.41) is 11.1. The number of piperidine rings is 1. The largest absolute Gasteiger partial charge is 0.370 e. The molecule has 1 aromatic carbocycles. The second-order valence-electron chi connectivity index (χ2n) is 9.79. The Bertz CT molecular complexity index is 1370. The van der Waals surface area contributed by atoms with Crippen molar-refractivity contribution in [3.8, 4) is 11.1 Å². The Kier molecular flexibility index (Phi) is 6.34. The van der Waals surface area contributed by atoms with Crippen LogP contribution in [0.15, 0.2) is 55.0 Å². The lowest BCUT2D eigenvalue weighted by molar-refractivity contribution is 0.102. The van der Waals surface area contributed by atoms with Crippen molar-refractivity contribution >= 4 is 28.2 Å². The van der Waals surface area contributed by atoms with E-state index in [0.717, 1.165) is 71.8 Å². The fourth-order valence-corrected chi connectivity index (χ4v) is 5.28. The molecule has 0 atom stereocenters. The predicted octanol–water partition coefficient (Wildman–Crippen LogP) is 4.86. The highest BCUT2D eigenvalue weighted by Gasteiger charge is 2.18. The number of aromatic nitrogens is 4. The van der Waals surface area contributed by atoms with Crippen molar-refractivity contribution in [3.63, 3.8) is 0 Å². The second-order valence-corrected chi connectivity index (χ2v) is 9.79. The molecule has 3 aromatic heterocycles. The minimum Gasteiger partial charge on any atom is -0.370 e. The van der Waals surface area contributed by atoms with E-state index in [4.69, 9.17) is 0 Å². The maximum absolute atomic E-state index is 13.2. The molecule has 0 spiro atoms. The molecule has 0 radical (unpaired) electrons. The van der Waals surface area contributed by atoms with Gasteiger partial charge in [-0.15, -0.1) is 0 Å². The third-order valence-corrected chi connectivity index (χ3v) is 7.22. The van der Waals surface area contributed by atoms with Crippen molar-refractivity contribution in [2.75, 3.05) is 36.4 Å². The van der Waals surface area contributed by atoms with E-state index in [-0.39, 0.29) is 5.91 Å². The van der Waals surface area contributed by atoms with Crippen LogP contribution in [-0.2, 0) is 6.54 Å². The number of amides is 1. The summed E-state index contributed by atoms with van der Waals surface area (Å²) >= 11 is 0. The van der Waals surface area contributed by atoms with E-state index >= 15 is 0 Å². The van der Waals surface area contributed by atoms with Gasteiger partial charge in [-0.05, 0) is 81.1 Å². The minimum absolute atomic E-state index is 0.239. The first-order valence-electron chi connectivity index (χ1n) is 12.9. The lowest BCUT2D eigenvalue weighted by atomic mass is 10.0. The molecule has 5 heterocycles. The molecule has 0 saturated carbocycles. The van der Waals surface area contributed by atoms with E-state index in [9.17, 15) is 4.79 Å². The SMILES string of the molecule is O=C(Nc1ccnc(CN2CCCC2)c1)c1n[nH]c2ccc(-c3cncc(N4CCCCC4)c3)cc12. The van der Waals surface area contributed by atoms with Crippen molar-refractivity contribution in [3.05, 3.63) is 66.4 Å². The van der Waals surface area contributed by atoms with Gasteiger partial charge in [0.1, 0.15) is 0 Å². The summed E-state index contributed by atoms with van der Waals surface area (Å²) in [6.45, 7) is 5.17. The van der Waals surface area contributed by atoms with Crippen LogP contribution in [0, 0.1) is 0 Å². The van der Waals surface area contributed by atoms with Crippen molar-refractivity contribution in [1.29, 1.82) is 0 Å². The molecule has 0 bridgehead atoms. The minimum atomic E-state index is -0.239. The smallest absolute Gasteiger partial charge is 0.276 e. The zero-order valence-corrected chi connectivity index (χ0v) is 20.4. The topological polar surface area (TPSA) is 90.0 Å². The van der Waals surface area contributed by atoms with E-state index < -0.39 is 0 Å². The number of carbonyl (C=O) groups is 1. The number of nitrogens with zero attached hydrogens (tertiary/aromatic N) is 5. The first-order valence-corrected chi connectivity index (χ1v) is 12.9. The number of anilines is 2. The summed E-state index contributed by atoms with van der Waals surface area (Å²) in [5.74, 6) is -0.239. The van der Waals surface area contributed by atoms with Crippen LogP contribution in [0.3, 0.4) is 0 Å². The highest BCUT2D eigenvalue weighted by Crippen LogP contribution is 2.29. The number of hydrogen-bond acceptors (Lipinski definition) is 6. The van der Waals surface area contributed by atoms with E-state index in [1.54, 1.807) is 6.20 Å². The Balaban J connectivity index is 1.23. The van der Waals surface area contributed by atoms with E-state index in [0.29, 0.717) is 5.69 Å². The monoisotopic (exact) mass is 481 g/mol. The van der Waals surface area contributed by atoms with Crippen LogP contribution in [-0.4, -0.2) is 57.2 Å². The molecule has 184 valence electrons. The van der Waals surface area contributed by atoms with Gasteiger partial charge in [0, 0.05) is 48.7 Å². The average Bonchev–Trinajstić information content (AvgIpc) is 3.59. The Labute approximate surface area is 210 Å². The molecule has 8 heteroatoms. The Morgan fingerprint density at radius 3 is 2.61 bits per heavy atom. The second kappa shape index (κ2) is 10.1. The quantitative estimate of drug-likeness (QED) is 0.409. The molecule has 2 aliphatic rings. The summed E-state index contributed by atoms with van der Waals surface area (Å²) in [4.78, 5) is 27.0. The van der Waals surface area contributed by atoms with Crippen molar-refractivity contribution in [1.82, 2.24) is 25.1 Å². The van der Waals surface area contributed by atoms with Gasteiger partial charge in [0.15, 0.2) is 5.69 Å². The van der Waals surface area contributed by atoms with Crippen LogP contribution in [0.25, 0.3) is 22.0 Å². The number of pyridine rings is 2. The number of rotatable bonds is 6. The molecule has 2 aliphatic heterocycles. The zero-order chi connectivity index (χ0) is 24.3. The maximum atomic E-state index is 13.2. The Morgan fingerprint density at radius 1 is 0.917 bits per heavy atom. The van der Waals surface area contributed by atoms with Crippen LogP contribution in [0.2, 0.25) is 0 Å². The van der Waals surface area contributed by atoms with Gasteiger partial charge in [-0.1, -0.05) is 6.07 Å². The van der Waals surface area contributed by atoms with Crippen LogP contribution in [0.1, 0.15) is 48.3 Å². The maximum Gasteiger partial charge on any atom is 0.276 e. The van der Waals surface area contributed by atoms with Gasteiger partial charge in [0.05, 0.1) is 23.1 Å².